The van der Waals surface area contributed by atoms with Gasteiger partial charge in [0.25, 0.3) is 0 Å². The lowest BCUT2D eigenvalue weighted by atomic mass is 9.97. The van der Waals surface area contributed by atoms with Gasteiger partial charge in [0.1, 0.15) is 48.8 Å². The monoisotopic (exact) mass is 488 g/mol. The van der Waals surface area contributed by atoms with Gasteiger partial charge in [0.05, 0.1) is 33.4 Å². The number of carbonyl (C=O) groups excluding carboxylic acids is 1. The number of hydrogen-bond donors (Lipinski definition) is 7. The summed E-state index contributed by atoms with van der Waals surface area (Å²) in [5.74, 6) is 0.652. The molecule has 2 fully saturated rings. The molecule has 0 aromatic carbocycles. The van der Waals surface area contributed by atoms with Crippen molar-refractivity contribution < 1.29 is 64.2 Å². The Hall–Kier alpha value is -0.620. The number of rotatable bonds is 11. The van der Waals surface area contributed by atoms with Crippen LogP contribution in [0.25, 0.3) is 0 Å². The molecule has 2 heterocycles. The fourth-order valence-corrected chi connectivity index (χ4v) is 4.01. The van der Waals surface area contributed by atoms with Gasteiger partial charge >= 0.3 is 5.97 Å². The molecule has 7 N–H and O–H groups in total. The first kappa shape index (κ1) is 27.6. The predicted molar refractivity (Wildman–Crippen MR) is 106 cm³/mol. The van der Waals surface area contributed by atoms with Gasteiger partial charge in [0, 0.05) is 11.5 Å². The van der Waals surface area contributed by atoms with Gasteiger partial charge in [-0.2, -0.15) is 11.8 Å². The molecule has 0 radical (unpaired) electrons. The molecule has 0 aromatic heterocycles. The van der Waals surface area contributed by atoms with Crippen LogP contribution in [0.5, 0.6) is 0 Å². The van der Waals surface area contributed by atoms with Crippen LogP contribution >= 0.6 is 11.8 Å². The molecule has 0 aromatic rings. The molecule has 2 rings (SSSR count). The number of thioether (sulfide) groups is 1. The minimum Gasteiger partial charge on any atom is -0.469 e. The van der Waals surface area contributed by atoms with Gasteiger partial charge in [0.15, 0.2) is 12.6 Å². The van der Waals surface area contributed by atoms with E-state index < -0.39 is 74.6 Å². The van der Waals surface area contributed by atoms with Crippen molar-refractivity contribution in [3.05, 3.63) is 0 Å². The number of aliphatic hydroxyl groups is 7. The molecule has 0 saturated carbocycles. The first-order valence-electron chi connectivity index (χ1n) is 10.1. The number of hydrogen-bond acceptors (Lipinski definition) is 14. The Bertz CT molecular complexity index is 565. The van der Waals surface area contributed by atoms with Crippen LogP contribution in [0.1, 0.15) is 6.42 Å². The molecule has 0 aliphatic carbocycles. The smallest absolute Gasteiger partial charge is 0.306 e. The zero-order chi connectivity index (χ0) is 23.8. The van der Waals surface area contributed by atoms with Crippen molar-refractivity contribution in [2.45, 2.75) is 67.8 Å². The number of carbonyl (C=O) groups is 1. The van der Waals surface area contributed by atoms with E-state index in [1.165, 1.54) is 18.9 Å². The van der Waals surface area contributed by atoms with Gasteiger partial charge in [-0.05, 0) is 0 Å². The maximum absolute atomic E-state index is 11.1. The predicted octanol–water partition coefficient (Wildman–Crippen LogP) is -4.08. The third kappa shape index (κ3) is 6.94. The summed E-state index contributed by atoms with van der Waals surface area (Å²) < 4.78 is 26.2. The van der Waals surface area contributed by atoms with Crippen molar-refractivity contribution in [3.8, 4) is 0 Å². The van der Waals surface area contributed by atoms with Gasteiger partial charge < -0.3 is 59.4 Å². The average molecular weight is 489 g/mol. The van der Waals surface area contributed by atoms with Crippen LogP contribution < -0.4 is 0 Å². The lowest BCUT2D eigenvalue weighted by molar-refractivity contribution is -0.359. The van der Waals surface area contributed by atoms with E-state index in [2.05, 4.69) is 4.74 Å². The Morgan fingerprint density at radius 1 is 0.844 bits per heavy atom. The van der Waals surface area contributed by atoms with E-state index in [0.717, 1.165) is 0 Å². The minimum atomic E-state index is -1.73. The van der Waals surface area contributed by atoms with Crippen molar-refractivity contribution in [2.24, 2.45) is 0 Å². The molecule has 0 spiro atoms. The van der Waals surface area contributed by atoms with Crippen molar-refractivity contribution in [1.29, 1.82) is 0 Å². The van der Waals surface area contributed by atoms with Gasteiger partial charge in [-0.25, -0.2) is 0 Å². The second-order valence-electron chi connectivity index (χ2n) is 7.31. The SMILES string of the molecule is COC(=O)CCSCCO[C@@H]1O[C@H](CO)[C@H](O[C@H]2O[C@H](CO)[C@H](O)[C@H](O)[C@H]2O)[C@H](O)[C@H]1O. The summed E-state index contributed by atoms with van der Waals surface area (Å²) in [5.41, 5.74) is 0. The molecular weight excluding hydrogens is 456 g/mol. The van der Waals surface area contributed by atoms with Crippen molar-refractivity contribution in [3.63, 3.8) is 0 Å². The van der Waals surface area contributed by atoms with Crippen LogP contribution in [0, 0.1) is 0 Å². The lowest BCUT2D eigenvalue weighted by Gasteiger charge is -2.45. The molecule has 0 bridgehead atoms. The summed E-state index contributed by atoms with van der Waals surface area (Å²) in [6.07, 6.45) is -14.6. The van der Waals surface area contributed by atoms with Gasteiger partial charge in [0.2, 0.25) is 0 Å². The molecule has 0 amide bonds. The standard InChI is InChI=1S/C18H32O13S/c1-27-10(21)2-4-32-5-3-28-17-15(26)13(24)16(9(7-20)30-17)31-18-14(25)12(23)11(22)8(6-19)29-18/h8-9,11-20,22-26H,2-7H2,1H3/t8-,9-,11+,12+,13-,14-,15-,16+,17-,18-/m1/s1. The Kier molecular flexibility index (Phi) is 11.5. The van der Waals surface area contributed by atoms with E-state index in [9.17, 15) is 40.5 Å². The summed E-state index contributed by atoms with van der Waals surface area (Å²) in [6.45, 7) is -1.19. The van der Waals surface area contributed by atoms with Crippen LogP contribution in [0.3, 0.4) is 0 Å². The van der Waals surface area contributed by atoms with Crippen molar-refractivity contribution >= 4 is 17.7 Å². The second-order valence-corrected chi connectivity index (χ2v) is 8.54. The Balaban J connectivity index is 1.89. The summed E-state index contributed by atoms with van der Waals surface area (Å²) in [5, 5.41) is 69.6. The van der Waals surface area contributed by atoms with Crippen molar-refractivity contribution in [1.82, 2.24) is 0 Å². The van der Waals surface area contributed by atoms with Gasteiger partial charge in [-0.1, -0.05) is 0 Å². The van der Waals surface area contributed by atoms with Crippen LogP contribution in [0.4, 0.5) is 0 Å². The largest absolute Gasteiger partial charge is 0.469 e. The third-order valence-corrected chi connectivity index (χ3v) is 6.10. The van der Waals surface area contributed by atoms with E-state index in [0.29, 0.717) is 11.5 Å². The number of aliphatic hydroxyl groups excluding tert-OH is 7. The molecule has 0 unspecified atom stereocenters. The first-order chi connectivity index (χ1) is 15.2. The first-order valence-corrected chi connectivity index (χ1v) is 11.2. The number of ether oxygens (including phenoxy) is 5. The quantitative estimate of drug-likeness (QED) is 0.109. The van der Waals surface area contributed by atoms with E-state index >= 15 is 0 Å². The highest BCUT2D eigenvalue weighted by Gasteiger charge is 2.50. The molecule has 2 aliphatic heterocycles. The topological polar surface area (TPSA) is 205 Å². The number of esters is 1. The molecule has 10 atom stereocenters. The average Bonchev–Trinajstić information content (AvgIpc) is 2.80. The fourth-order valence-electron chi connectivity index (χ4n) is 3.28. The van der Waals surface area contributed by atoms with E-state index in [-0.39, 0.29) is 19.0 Å². The lowest BCUT2D eigenvalue weighted by Crippen LogP contribution is -2.64. The Labute approximate surface area is 188 Å². The summed E-state index contributed by atoms with van der Waals surface area (Å²) in [7, 11) is 1.30. The maximum Gasteiger partial charge on any atom is 0.306 e. The third-order valence-electron chi connectivity index (χ3n) is 5.15. The molecule has 32 heavy (non-hydrogen) atoms. The fraction of sp³-hybridized carbons (Fsp3) is 0.944. The van der Waals surface area contributed by atoms with Crippen LogP contribution in [0.2, 0.25) is 0 Å². The molecule has 2 saturated heterocycles. The zero-order valence-electron chi connectivity index (χ0n) is 17.5. The highest BCUT2D eigenvalue weighted by Crippen LogP contribution is 2.29. The summed E-state index contributed by atoms with van der Waals surface area (Å²) >= 11 is 1.41. The van der Waals surface area contributed by atoms with Crippen LogP contribution in [-0.4, -0.2) is 142 Å². The zero-order valence-corrected chi connectivity index (χ0v) is 18.3. The Morgan fingerprint density at radius 2 is 1.47 bits per heavy atom. The maximum atomic E-state index is 11.1. The van der Waals surface area contributed by atoms with Crippen molar-refractivity contribution in [2.75, 3.05) is 38.4 Å². The van der Waals surface area contributed by atoms with Crippen LogP contribution in [-0.2, 0) is 28.5 Å². The van der Waals surface area contributed by atoms with Crippen LogP contribution in [0.15, 0.2) is 0 Å². The number of methoxy groups -OCH3 is 1. The molecule has 2 aliphatic rings. The molecule has 188 valence electrons. The van der Waals surface area contributed by atoms with E-state index in [1.807, 2.05) is 0 Å². The second kappa shape index (κ2) is 13.3. The summed E-state index contributed by atoms with van der Waals surface area (Å²) in [4.78, 5) is 11.1. The van der Waals surface area contributed by atoms with Gasteiger partial charge in [-0.3, -0.25) is 4.79 Å². The highest BCUT2D eigenvalue weighted by atomic mass is 32.2. The molecule has 14 heteroatoms. The highest BCUT2D eigenvalue weighted by molar-refractivity contribution is 7.99. The van der Waals surface area contributed by atoms with Gasteiger partial charge in [-0.15, -0.1) is 0 Å². The normalized spacial score (nSPS) is 40.2. The van der Waals surface area contributed by atoms with E-state index in [1.54, 1.807) is 0 Å². The summed E-state index contributed by atoms with van der Waals surface area (Å²) in [6, 6.07) is 0. The Morgan fingerprint density at radius 3 is 2.09 bits per heavy atom. The molecule has 13 nitrogen and oxygen atoms in total. The van der Waals surface area contributed by atoms with E-state index in [4.69, 9.17) is 18.9 Å². The minimum absolute atomic E-state index is 0.122. The molecular formula is C18H32O13S.